The molecule has 23 heavy (non-hydrogen) atoms. The Kier molecular flexibility index (Phi) is 5.14. The zero-order valence-corrected chi connectivity index (χ0v) is 13.6. The Morgan fingerprint density at radius 2 is 2.00 bits per heavy atom. The molecule has 0 spiro atoms. The minimum absolute atomic E-state index is 0.144. The van der Waals surface area contributed by atoms with E-state index < -0.39 is 12.1 Å². The molecule has 1 aromatic carbocycles. The number of rotatable bonds is 6. The highest BCUT2D eigenvalue weighted by atomic mass is 16.8. The molecule has 0 bridgehead atoms. The summed E-state index contributed by atoms with van der Waals surface area (Å²) in [5.74, 6) is -0.639. The zero-order valence-electron chi connectivity index (χ0n) is 13.6. The molecule has 2 aliphatic heterocycles. The molecule has 2 aliphatic rings. The second-order valence-corrected chi connectivity index (χ2v) is 6.22. The summed E-state index contributed by atoms with van der Waals surface area (Å²) in [6, 6.07) is 10.0. The van der Waals surface area contributed by atoms with Gasteiger partial charge in [0.05, 0.1) is 19.8 Å². The van der Waals surface area contributed by atoms with Crippen molar-refractivity contribution in [2.45, 2.75) is 50.8 Å². The van der Waals surface area contributed by atoms with Crippen LogP contribution in [-0.2, 0) is 30.3 Å². The van der Waals surface area contributed by atoms with Gasteiger partial charge in [-0.05, 0) is 19.4 Å². The predicted octanol–water partition coefficient (Wildman–Crippen LogP) is 2.65. The van der Waals surface area contributed by atoms with Crippen molar-refractivity contribution in [3.05, 3.63) is 48.6 Å². The van der Waals surface area contributed by atoms with Gasteiger partial charge in [0.1, 0.15) is 18.3 Å². The Morgan fingerprint density at radius 1 is 1.22 bits per heavy atom. The molecule has 0 N–H and O–H groups in total. The maximum atomic E-state index is 6.10. The molecule has 3 rings (SSSR count). The molecular formula is C18H24O5. The van der Waals surface area contributed by atoms with Crippen LogP contribution in [0.2, 0.25) is 0 Å². The maximum absolute atomic E-state index is 6.10. The fourth-order valence-electron chi connectivity index (χ4n) is 2.96. The van der Waals surface area contributed by atoms with Crippen LogP contribution in [0.3, 0.4) is 0 Å². The van der Waals surface area contributed by atoms with Crippen molar-refractivity contribution >= 4 is 0 Å². The van der Waals surface area contributed by atoms with Gasteiger partial charge in [0, 0.05) is 0 Å². The maximum Gasteiger partial charge on any atom is 0.186 e. The van der Waals surface area contributed by atoms with Gasteiger partial charge >= 0.3 is 0 Å². The second kappa shape index (κ2) is 7.11. The number of hydrogen-bond acceptors (Lipinski definition) is 5. The van der Waals surface area contributed by atoms with E-state index in [0.717, 1.165) is 5.56 Å². The van der Waals surface area contributed by atoms with Crippen molar-refractivity contribution < 1.29 is 23.7 Å². The monoisotopic (exact) mass is 320 g/mol. The highest BCUT2D eigenvalue weighted by molar-refractivity contribution is 5.13. The topological polar surface area (TPSA) is 46.2 Å². The lowest BCUT2D eigenvalue weighted by Crippen LogP contribution is -2.53. The summed E-state index contributed by atoms with van der Waals surface area (Å²) in [5.41, 5.74) is 1.09. The van der Waals surface area contributed by atoms with Crippen LogP contribution < -0.4 is 0 Å². The summed E-state index contributed by atoms with van der Waals surface area (Å²) >= 11 is 0. The normalized spacial score (nSPS) is 32.4. The third-order valence-corrected chi connectivity index (χ3v) is 3.90. The molecule has 2 heterocycles. The van der Waals surface area contributed by atoms with Crippen LogP contribution in [0.5, 0.6) is 0 Å². The molecule has 1 aromatic rings. The van der Waals surface area contributed by atoms with Crippen molar-refractivity contribution in [1.29, 1.82) is 0 Å². The van der Waals surface area contributed by atoms with Gasteiger partial charge in [0.2, 0.25) is 0 Å². The lowest BCUT2D eigenvalue weighted by Gasteiger charge is -2.37. The van der Waals surface area contributed by atoms with Crippen LogP contribution in [-0.4, -0.2) is 43.6 Å². The van der Waals surface area contributed by atoms with E-state index >= 15 is 0 Å². The molecule has 2 saturated heterocycles. The third-order valence-electron chi connectivity index (χ3n) is 3.90. The van der Waals surface area contributed by atoms with Crippen LogP contribution >= 0.6 is 0 Å². The van der Waals surface area contributed by atoms with Gasteiger partial charge in [-0.15, -0.1) is 6.58 Å². The van der Waals surface area contributed by atoms with Gasteiger partial charge in [-0.1, -0.05) is 36.4 Å². The molecule has 5 heteroatoms. The Balaban J connectivity index is 1.70. The van der Waals surface area contributed by atoms with Gasteiger partial charge in [-0.2, -0.15) is 0 Å². The Labute approximate surface area is 137 Å². The molecule has 0 unspecified atom stereocenters. The van der Waals surface area contributed by atoms with Crippen LogP contribution in [0.1, 0.15) is 19.4 Å². The largest absolute Gasteiger partial charge is 0.365 e. The predicted molar refractivity (Wildman–Crippen MR) is 84.7 cm³/mol. The van der Waals surface area contributed by atoms with Gasteiger partial charge in [0.15, 0.2) is 12.1 Å². The molecule has 0 radical (unpaired) electrons. The third kappa shape index (κ3) is 4.00. The summed E-state index contributed by atoms with van der Waals surface area (Å²) in [7, 11) is 0. The quantitative estimate of drug-likeness (QED) is 0.754. The zero-order chi connectivity index (χ0) is 16.3. The molecule has 126 valence electrons. The molecule has 0 saturated carbocycles. The van der Waals surface area contributed by atoms with E-state index in [0.29, 0.717) is 19.8 Å². The number of fused-ring (bicyclic) bond motifs is 1. The van der Waals surface area contributed by atoms with E-state index in [1.54, 1.807) is 6.08 Å². The average molecular weight is 320 g/mol. The van der Waals surface area contributed by atoms with Crippen molar-refractivity contribution in [3.8, 4) is 0 Å². The van der Waals surface area contributed by atoms with E-state index in [4.69, 9.17) is 23.7 Å². The molecule has 2 fully saturated rings. The first-order chi connectivity index (χ1) is 11.1. The standard InChI is InChI=1S/C18H24O5/c1-4-10-19-17-16(20-11-13-8-6-5-7-9-13)15-14(12-21-17)22-18(2,3)23-15/h4-9,14-17H,1,10-12H2,2-3H3/t14-,15+,16-,17+/m1/s1. The highest BCUT2D eigenvalue weighted by Gasteiger charge is 2.52. The van der Waals surface area contributed by atoms with Gasteiger partial charge in [-0.3, -0.25) is 0 Å². The lowest BCUT2D eigenvalue weighted by atomic mass is 10.1. The Bertz CT molecular complexity index is 515. The van der Waals surface area contributed by atoms with Gasteiger partial charge in [0.25, 0.3) is 0 Å². The van der Waals surface area contributed by atoms with Crippen molar-refractivity contribution in [2.24, 2.45) is 0 Å². The van der Waals surface area contributed by atoms with Crippen molar-refractivity contribution in [2.75, 3.05) is 13.2 Å². The van der Waals surface area contributed by atoms with Gasteiger partial charge < -0.3 is 23.7 Å². The first-order valence-electron chi connectivity index (χ1n) is 7.94. The lowest BCUT2D eigenvalue weighted by molar-refractivity contribution is -0.263. The van der Waals surface area contributed by atoms with E-state index in [2.05, 4.69) is 6.58 Å². The molecule has 4 atom stereocenters. The summed E-state index contributed by atoms with van der Waals surface area (Å²) in [4.78, 5) is 0. The fraction of sp³-hybridized carbons (Fsp3) is 0.556. The SMILES string of the molecule is C=CCO[C@H]1OC[C@H]2OC(C)(C)O[C@@H]2[C@H]1OCc1ccccc1. The second-order valence-electron chi connectivity index (χ2n) is 6.22. The smallest absolute Gasteiger partial charge is 0.186 e. The van der Waals surface area contributed by atoms with Crippen LogP contribution in [0.15, 0.2) is 43.0 Å². The molecule has 0 aliphatic carbocycles. The number of hydrogen-bond donors (Lipinski definition) is 0. The summed E-state index contributed by atoms with van der Waals surface area (Å²) in [6.45, 7) is 8.78. The van der Waals surface area contributed by atoms with Crippen molar-refractivity contribution in [3.63, 3.8) is 0 Å². The summed E-state index contributed by atoms with van der Waals surface area (Å²) in [5, 5.41) is 0. The molecule has 5 nitrogen and oxygen atoms in total. The summed E-state index contributed by atoms with van der Waals surface area (Å²) < 4.78 is 29.5. The van der Waals surface area contributed by atoms with Crippen LogP contribution in [0.4, 0.5) is 0 Å². The van der Waals surface area contributed by atoms with E-state index in [-0.39, 0.29) is 18.3 Å². The van der Waals surface area contributed by atoms with Crippen LogP contribution in [0.25, 0.3) is 0 Å². The van der Waals surface area contributed by atoms with E-state index in [1.807, 2.05) is 44.2 Å². The minimum Gasteiger partial charge on any atom is -0.365 e. The minimum atomic E-state index is -0.639. The number of ether oxygens (including phenoxy) is 5. The summed E-state index contributed by atoms with van der Waals surface area (Å²) in [6.07, 6.45) is 0.498. The molecule has 0 amide bonds. The molecular weight excluding hydrogens is 296 g/mol. The highest BCUT2D eigenvalue weighted by Crippen LogP contribution is 2.36. The Morgan fingerprint density at radius 3 is 2.74 bits per heavy atom. The van der Waals surface area contributed by atoms with E-state index in [9.17, 15) is 0 Å². The first kappa shape index (κ1) is 16.6. The Hall–Kier alpha value is -1.24. The first-order valence-corrected chi connectivity index (χ1v) is 7.94. The number of benzene rings is 1. The van der Waals surface area contributed by atoms with Gasteiger partial charge in [-0.25, -0.2) is 0 Å². The van der Waals surface area contributed by atoms with E-state index in [1.165, 1.54) is 0 Å². The fourth-order valence-corrected chi connectivity index (χ4v) is 2.96. The average Bonchev–Trinajstić information content (AvgIpc) is 2.86. The van der Waals surface area contributed by atoms with Crippen molar-refractivity contribution in [1.82, 2.24) is 0 Å². The van der Waals surface area contributed by atoms with Crippen LogP contribution in [0, 0.1) is 0 Å². The molecule has 0 aromatic heterocycles.